The summed E-state index contributed by atoms with van der Waals surface area (Å²) in [6, 6.07) is 44.4. The molecule has 1 N–H and O–H groups in total. The van der Waals surface area contributed by atoms with Crippen molar-refractivity contribution in [3.63, 3.8) is 0 Å². The number of hydrogen-bond acceptors (Lipinski definition) is 1. The zero-order valence-corrected chi connectivity index (χ0v) is 34.0. The molecule has 0 unspecified atom stereocenters. The van der Waals surface area contributed by atoms with Crippen LogP contribution in [0.5, 0.6) is 0 Å². The Kier molecular flexibility index (Phi) is 9.03. The van der Waals surface area contributed by atoms with Crippen molar-refractivity contribution in [1.82, 2.24) is 5.32 Å². The molecular weight excluding hydrogens is 801 g/mol. The van der Waals surface area contributed by atoms with E-state index in [1.54, 1.807) is 0 Å². The van der Waals surface area contributed by atoms with Crippen molar-refractivity contribution in [2.75, 3.05) is 0 Å². The molecule has 0 saturated carbocycles. The zero-order valence-electron chi connectivity index (χ0n) is 34.0. The van der Waals surface area contributed by atoms with Crippen LogP contribution in [-0.2, 0) is 13.1 Å². The molecule has 306 valence electrons. The minimum Gasteiger partial charge on any atom is -0.309 e. The number of benzene rings is 11. The first-order valence-electron chi connectivity index (χ1n) is 20.7. The summed E-state index contributed by atoms with van der Waals surface area (Å²) < 4.78 is 89.2. The summed E-state index contributed by atoms with van der Waals surface area (Å²) in [4.78, 5) is 0. The van der Waals surface area contributed by atoms with E-state index >= 15 is 8.78 Å². The molecule has 0 saturated heterocycles. The third-order valence-electron chi connectivity index (χ3n) is 12.8. The van der Waals surface area contributed by atoms with Gasteiger partial charge in [-0.3, -0.25) is 0 Å². The van der Waals surface area contributed by atoms with Gasteiger partial charge in [0.1, 0.15) is 0 Å². The van der Waals surface area contributed by atoms with E-state index in [2.05, 4.69) is 72.9 Å². The van der Waals surface area contributed by atoms with Crippen LogP contribution in [-0.4, -0.2) is 0 Å². The van der Waals surface area contributed by atoms with Crippen molar-refractivity contribution < 1.29 is 26.3 Å². The van der Waals surface area contributed by atoms with Gasteiger partial charge >= 0.3 is 0 Å². The third-order valence-corrected chi connectivity index (χ3v) is 12.8. The SMILES string of the molecule is Cc1c(-c2cc(F)c(F)c(F)c2)cc2ccccc2c1-c1c(CNCc2ccc3cccc4c5cccc6ccc(C)c(c2c34)c65)c(-c2cc(F)c(F)c(F)c2)cc2ccccc12. The first-order chi connectivity index (χ1) is 30.6. The van der Waals surface area contributed by atoms with Gasteiger partial charge in [-0.05, 0) is 171 Å². The Morgan fingerprint density at radius 3 is 1.48 bits per heavy atom. The molecule has 11 rings (SSSR count). The van der Waals surface area contributed by atoms with Crippen LogP contribution in [0, 0.1) is 48.8 Å². The Balaban J connectivity index is 1.17. The largest absolute Gasteiger partial charge is 0.309 e. The van der Waals surface area contributed by atoms with Crippen molar-refractivity contribution in [2.45, 2.75) is 26.9 Å². The molecule has 0 bridgehead atoms. The van der Waals surface area contributed by atoms with Gasteiger partial charge in [0.05, 0.1) is 0 Å². The van der Waals surface area contributed by atoms with Crippen LogP contribution >= 0.6 is 0 Å². The highest BCUT2D eigenvalue weighted by molar-refractivity contribution is 6.34. The summed E-state index contributed by atoms with van der Waals surface area (Å²) in [5.74, 6) is -8.39. The van der Waals surface area contributed by atoms with Crippen molar-refractivity contribution >= 4 is 64.6 Å². The average molecular weight is 836 g/mol. The van der Waals surface area contributed by atoms with Gasteiger partial charge in [0.15, 0.2) is 34.9 Å². The maximum absolute atomic E-state index is 15.2. The van der Waals surface area contributed by atoms with E-state index in [1.165, 1.54) is 21.5 Å². The van der Waals surface area contributed by atoms with E-state index in [0.29, 0.717) is 28.8 Å². The molecular formula is C56H35F6N. The van der Waals surface area contributed by atoms with Crippen LogP contribution in [0.15, 0.2) is 146 Å². The summed E-state index contributed by atoms with van der Waals surface area (Å²) in [5.41, 5.74) is 6.20. The lowest BCUT2D eigenvalue weighted by Gasteiger charge is -2.24. The summed E-state index contributed by atoms with van der Waals surface area (Å²) in [5, 5.41) is 16.2. The van der Waals surface area contributed by atoms with Gasteiger partial charge in [-0.15, -0.1) is 0 Å². The number of hydrogen-bond donors (Lipinski definition) is 1. The number of aryl methyl sites for hydroxylation is 1. The predicted molar refractivity (Wildman–Crippen MR) is 245 cm³/mol. The Morgan fingerprint density at radius 2 is 0.873 bits per heavy atom. The van der Waals surface area contributed by atoms with Gasteiger partial charge in [0.2, 0.25) is 0 Å². The second-order valence-corrected chi connectivity index (χ2v) is 16.4. The van der Waals surface area contributed by atoms with E-state index in [9.17, 15) is 17.6 Å². The minimum atomic E-state index is -1.57. The molecule has 0 aliphatic heterocycles. The fraction of sp³-hybridized carbons (Fsp3) is 0.0714. The van der Waals surface area contributed by atoms with Gasteiger partial charge in [-0.25, -0.2) is 26.3 Å². The summed E-state index contributed by atoms with van der Waals surface area (Å²) in [6.45, 7) is 4.58. The topological polar surface area (TPSA) is 12.0 Å². The molecule has 0 amide bonds. The molecule has 0 radical (unpaired) electrons. The highest BCUT2D eigenvalue weighted by atomic mass is 19.2. The van der Waals surface area contributed by atoms with Crippen LogP contribution in [0.25, 0.3) is 98.0 Å². The van der Waals surface area contributed by atoms with Crippen molar-refractivity contribution in [1.29, 1.82) is 0 Å². The molecule has 11 aromatic carbocycles. The zero-order chi connectivity index (χ0) is 43.3. The van der Waals surface area contributed by atoms with Crippen LogP contribution in [0.3, 0.4) is 0 Å². The van der Waals surface area contributed by atoms with E-state index in [4.69, 9.17) is 0 Å². The van der Waals surface area contributed by atoms with Gasteiger partial charge in [-0.1, -0.05) is 109 Å². The smallest absolute Gasteiger partial charge is 0.194 e. The van der Waals surface area contributed by atoms with Crippen molar-refractivity contribution in [3.8, 4) is 33.4 Å². The summed E-state index contributed by atoms with van der Waals surface area (Å²) in [6.07, 6.45) is 0. The second-order valence-electron chi connectivity index (χ2n) is 16.4. The highest BCUT2D eigenvalue weighted by Gasteiger charge is 2.25. The predicted octanol–water partition coefficient (Wildman–Crippen LogP) is 15.8. The van der Waals surface area contributed by atoms with E-state index < -0.39 is 34.9 Å². The number of nitrogens with one attached hydrogen (secondary N) is 1. The van der Waals surface area contributed by atoms with Crippen molar-refractivity contribution in [3.05, 3.63) is 203 Å². The molecule has 0 atom stereocenters. The standard InChI is InChI=1S/C56H35F6N/c1-29-17-18-31-11-7-15-40-41-16-8-12-32-19-20-35(53(52(32)41)49(29)51(31)40)27-63-28-44-43(37-25-47(59)56(62)48(60)26-37)22-34-10-4-6-14-39(34)54(44)50-30(2)42(21-33-9-3-5-13-38(33)50)36-23-45(57)55(61)46(58)24-36/h3-26,63H,27-28H2,1-2H3. The maximum atomic E-state index is 15.2. The molecule has 0 spiro atoms. The molecule has 0 aliphatic rings. The Hall–Kier alpha value is -7.22. The quantitative estimate of drug-likeness (QED) is 0.0730. The van der Waals surface area contributed by atoms with Crippen LogP contribution in [0.4, 0.5) is 26.3 Å². The van der Waals surface area contributed by atoms with Crippen molar-refractivity contribution in [2.24, 2.45) is 0 Å². The Bertz CT molecular complexity index is 3660. The molecule has 0 aromatic heterocycles. The highest BCUT2D eigenvalue weighted by Crippen LogP contribution is 2.47. The average Bonchev–Trinajstić information content (AvgIpc) is 3.29. The van der Waals surface area contributed by atoms with Gasteiger partial charge in [0, 0.05) is 13.1 Å². The molecule has 1 nitrogen and oxygen atoms in total. The molecule has 11 aromatic rings. The number of halogens is 6. The number of fused-ring (bicyclic) bond motifs is 4. The second kappa shape index (κ2) is 14.7. The lowest BCUT2D eigenvalue weighted by molar-refractivity contribution is 0.447. The van der Waals surface area contributed by atoms with E-state index in [1.807, 2.05) is 67.6 Å². The molecule has 0 fully saturated rings. The third kappa shape index (κ3) is 6.05. The molecule has 0 aliphatic carbocycles. The van der Waals surface area contributed by atoms with Crippen LogP contribution in [0.2, 0.25) is 0 Å². The van der Waals surface area contributed by atoms with Gasteiger partial charge < -0.3 is 5.32 Å². The van der Waals surface area contributed by atoms with Gasteiger partial charge in [-0.2, -0.15) is 0 Å². The van der Waals surface area contributed by atoms with E-state index in [0.717, 1.165) is 89.6 Å². The summed E-state index contributed by atoms with van der Waals surface area (Å²) >= 11 is 0. The Morgan fingerprint density at radius 1 is 0.397 bits per heavy atom. The normalized spacial score (nSPS) is 12.0. The first kappa shape index (κ1) is 38.7. The fourth-order valence-electron chi connectivity index (χ4n) is 10.0. The lowest BCUT2D eigenvalue weighted by Crippen LogP contribution is -2.15. The van der Waals surface area contributed by atoms with Gasteiger partial charge in [0.25, 0.3) is 0 Å². The van der Waals surface area contributed by atoms with Crippen LogP contribution < -0.4 is 5.32 Å². The minimum absolute atomic E-state index is 0.139. The first-order valence-corrected chi connectivity index (χ1v) is 20.7. The van der Waals surface area contributed by atoms with E-state index in [-0.39, 0.29) is 17.7 Å². The molecule has 63 heavy (non-hydrogen) atoms. The molecule has 0 heterocycles. The monoisotopic (exact) mass is 835 g/mol. The fourth-order valence-corrected chi connectivity index (χ4v) is 10.0. The summed E-state index contributed by atoms with van der Waals surface area (Å²) in [7, 11) is 0. The molecule has 7 heteroatoms. The number of rotatable bonds is 7. The maximum Gasteiger partial charge on any atom is 0.194 e. The Labute approximate surface area is 358 Å². The lowest BCUT2D eigenvalue weighted by atomic mass is 9.81. The van der Waals surface area contributed by atoms with Crippen LogP contribution in [0.1, 0.15) is 22.3 Å².